The molecule has 23 heavy (non-hydrogen) atoms. The van der Waals surface area contributed by atoms with Crippen molar-refractivity contribution in [2.45, 2.75) is 32.7 Å². The molecule has 1 aliphatic heterocycles. The number of hydrogen-bond acceptors (Lipinski definition) is 4. The third kappa shape index (κ3) is 5.55. The first kappa shape index (κ1) is 19.5. The van der Waals surface area contributed by atoms with Crippen molar-refractivity contribution in [3.05, 3.63) is 24.2 Å². The minimum absolute atomic E-state index is 0. The highest BCUT2D eigenvalue weighted by atomic mass is 35.5. The van der Waals surface area contributed by atoms with Crippen LogP contribution >= 0.6 is 12.4 Å². The van der Waals surface area contributed by atoms with Crippen LogP contribution in [0, 0.1) is 5.92 Å². The van der Waals surface area contributed by atoms with E-state index >= 15 is 0 Å². The van der Waals surface area contributed by atoms with E-state index < -0.39 is 6.04 Å². The van der Waals surface area contributed by atoms with Gasteiger partial charge in [0.2, 0.25) is 5.91 Å². The lowest BCUT2D eigenvalue weighted by Crippen LogP contribution is -2.49. The summed E-state index contributed by atoms with van der Waals surface area (Å²) in [6, 6.07) is 1.06. The fraction of sp³-hybridized carbons (Fsp3) is 0.625. The minimum Gasteiger partial charge on any atom is -0.472 e. The molecule has 0 bridgehead atoms. The predicted octanol–water partition coefficient (Wildman–Crippen LogP) is 1.67. The Labute approximate surface area is 143 Å². The van der Waals surface area contributed by atoms with Crippen molar-refractivity contribution in [1.82, 2.24) is 15.5 Å². The van der Waals surface area contributed by atoms with Gasteiger partial charge < -0.3 is 20.0 Å². The molecule has 1 saturated heterocycles. The van der Waals surface area contributed by atoms with E-state index in [0.717, 1.165) is 39.0 Å². The van der Waals surface area contributed by atoms with Crippen LogP contribution in [0.2, 0.25) is 0 Å². The molecule has 1 aromatic rings. The number of furan rings is 1. The number of nitrogens with zero attached hydrogens (tertiary/aromatic N) is 1. The molecule has 0 aromatic carbocycles. The van der Waals surface area contributed by atoms with Crippen LogP contribution in [0.25, 0.3) is 0 Å². The van der Waals surface area contributed by atoms with Crippen molar-refractivity contribution in [3.63, 3.8) is 0 Å². The molecular formula is C16H26ClN3O3. The van der Waals surface area contributed by atoms with Crippen LogP contribution in [-0.2, 0) is 4.79 Å². The Morgan fingerprint density at radius 3 is 2.65 bits per heavy atom. The summed E-state index contributed by atoms with van der Waals surface area (Å²) in [5, 5.41) is 6.08. The second-order valence-corrected chi connectivity index (χ2v) is 5.78. The second-order valence-electron chi connectivity index (χ2n) is 5.78. The molecule has 1 fully saturated rings. The SMILES string of the molecule is CCNCC1CCN(C(=O)C(C)NC(=O)c2ccoc2)CC1.Cl. The zero-order valence-electron chi connectivity index (χ0n) is 13.7. The van der Waals surface area contributed by atoms with Crippen LogP contribution in [-0.4, -0.2) is 48.9 Å². The molecular weight excluding hydrogens is 318 g/mol. The highest BCUT2D eigenvalue weighted by Gasteiger charge is 2.26. The molecule has 130 valence electrons. The van der Waals surface area contributed by atoms with Gasteiger partial charge in [0.1, 0.15) is 12.3 Å². The molecule has 2 rings (SSSR count). The standard InChI is InChI=1S/C16H25N3O3.ClH/c1-3-17-10-13-4-7-19(8-5-13)16(21)12(2)18-15(20)14-6-9-22-11-14;/h6,9,11-13,17H,3-5,7-8,10H2,1-2H3,(H,18,20);1H. The third-order valence-electron chi connectivity index (χ3n) is 4.11. The Morgan fingerprint density at radius 1 is 1.39 bits per heavy atom. The maximum Gasteiger partial charge on any atom is 0.255 e. The van der Waals surface area contributed by atoms with Gasteiger partial charge >= 0.3 is 0 Å². The van der Waals surface area contributed by atoms with Crippen LogP contribution < -0.4 is 10.6 Å². The number of nitrogens with one attached hydrogen (secondary N) is 2. The van der Waals surface area contributed by atoms with Crippen molar-refractivity contribution in [2.24, 2.45) is 5.92 Å². The number of amides is 2. The molecule has 1 unspecified atom stereocenters. The first-order valence-corrected chi connectivity index (χ1v) is 7.94. The van der Waals surface area contributed by atoms with Gasteiger partial charge in [-0.2, -0.15) is 0 Å². The molecule has 0 saturated carbocycles. The maximum atomic E-state index is 12.4. The largest absolute Gasteiger partial charge is 0.472 e. The number of carbonyl (C=O) groups is 2. The lowest BCUT2D eigenvalue weighted by molar-refractivity contribution is -0.134. The van der Waals surface area contributed by atoms with Gasteiger partial charge in [0.05, 0.1) is 11.8 Å². The normalized spacial score (nSPS) is 16.5. The van der Waals surface area contributed by atoms with Gasteiger partial charge in [0.15, 0.2) is 0 Å². The van der Waals surface area contributed by atoms with Gasteiger partial charge in [0.25, 0.3) is 5.91 Å². The topological polar surface area (TPSA) is 74.6 Å². The highest BCUT2D eigenvalue weighted by Crippen LogP contribution is 2.17. The molecule has 0 aliphatic carbocycles. The summed E-state index contributed by atoms with van der Waals surface area (Å²) in [4.78, 5) is 26.2. The molecule has 6 nitrogen and oxygen atoms in total. The van der Waals surface area contributed by atoms with E-state index in [1.807, 2.05) is 4.90 Å². The van der Waals surface area contributed by atoms with Crippen LogP contribution in [0.15, 0.2) is 23.0 Å². The number of piperidine rings is 1. The molecule has 1 aromatic heterocycles. The van der Waals surface area contributed by atoms with Crippen molar-refractivity contribution in [2.75, 3.05) is 26.2 Å². The average Bonchev–Trinajstić information content (AvgIpc) is 3.07. The molecule has 1 atom stereocenters. The Balaban J connectivity index is 0.00000264. The zero-order valence-corrected chi connectivity index (χ0v) is 14.5. The van der Waals surface area contributed by atoms with Crippen molar-refractivity contribution in [3.8, 4) is 0 Å². The summed E-state index contributed by atoms with van der Waals surface area (Å²) < 4.78 is 4.88. The van der Waals surface area contributed by atoms with Gasteiger partial charge in [-0.05, 0) is 44.8 Å². The van der Waals surface area contributed by atoms with Crippen LogP contribution in [0.5, 0.6) is 0 Å². The molecule has 2 heterocycles. The number of hydrogen-bond donors (Lipinski definition) is 2. The lowest BCUT2D eigenvalue weighted by Gasteiger charge is -2.33. The van der Waals surface area contributed by atoms with E-state index in [4.69, 9.17) is 4.42 Å². The van der Waals surface area contributed by atoms with E-state index in [9.17, 15) is 9.59 Å². The molecule has 0 spiro atoms. The van der Waals surface area contributed by atoms with E-state index in [1.54, 1.807) is 13.0 Å². The van der Waals surface area contributed by atoms with Crippen molar-refractivity contribution in [1.29, 1.82) is 0 Å². The predicted molar refractivity (Wildman–Crippen MR) is 90.7 cm³/mol. The first-order chi connectivity index (χ1) is 10.6. The van der Waals surface area contributed by atoms with Crippen molar-refractivity contribution >= 4 is 24.2 Å². The molecule has 7 heteroatoms. The van der Waals surface area contributed by atoms with E-state index in [0.29, 0.717) is 11.5 Å². The first-order valence-electron chi connectivity index (χ1n) is 7.94. The summed E-state index contributed by atoms with van der Waals surface area (Å²) in [6.07, 6.45) is 4.84. The Bertz CT molecular complexity index is 485. The Kier molecular flexibility index (Phi) is 8.12. The lowest BCUT2D eigenvalue weighted by atomic mass is 9.96. The number of halogens is 1. The van der Waals surface area contributed by atoms with E-state index in [1.165, 1.54) is 12.5 Å². The number of rotatable bonds is 6. The van der Waals surface area contributed by atoms with Crippen LogP contribution in [0.3, 0.4) is 0 Å². The van der Waals surface area contributed by atoms with Gasteiger partial charge in [-0.15, -0.1) is 12.4 Å². The quantitative estimate of drug-likeness (QED) is 0.824. The molecule has 2 N–H and O–H groups in total. The average molecular weight is 344 g/mol. The van der Waals surface area contributed by atoms with Gasteiger partial charge in [-0.25, -0.2) is 0 Å². The highest BCUT2D eigenvalue weighted by molar-refractivity contribution is 5.97. The summed E-state index contributed by atoms with van der Waals surface area (Å²) in [5.41, 5.74) is 0.434. The number of likely N-dealkylation sites (tertiary alicyclic amines) is 1. The monoisotopic (exact) mass is 343 g/mol. The van der Waals surface area contributed by atoms with Gasteiger partial charge in [-0.3, -0.25) is 9.59 Å². The van der Waals surface area contributed by atoms with E-state index in [2.05, 4.69) is 17.6 Å². The minimum atomic E-state index is -0.521. The molecule has 1 aliphatic rings. The second kappa shape index (κ2) is 9.57. The summed E-state index contributed by atoms with van der Waals surface area (Å²) in [6.45, 7) is 7.36. The number of carbonyl (C=O) groups excluding carboxylic acids is 2. The third-order valence-corrected chi connectivity index (χ3v) is 4.11. The van der Waals surface area contributed by atoms with Crippen molar-refractivity contribution < 1.29 is 14.0 Å². The fourth-order valence-electron chi connectivity index (χ4n) is 2.72. The van der Waals surface area contributed by atoms with Crippen LogP contribution in [0.1, 0.15) is 37.0 Å². The van der Waals surface area contributed by atoms with E-state index in [-0.39, 0.29) is 24.2 Å². The summed E-state index contributed by atoms with van der Waals surface area (Å²) in [7, 11) is 0. The Morgan fingerprint density at radius 2 is 2.09 bits per heavy atom. The molecule has 0 radical (unpaired) electrons. The Hall–Kier alpha value is -1.53. The summed E-state index contributed by atoms with van der Waals surface area (Å²) >= 11 is 0. The summed E-state index contributed by atoms with van der Waals surface area (Å²) in [5.74, 6) is 0.343. The smallest absolute Gasteiger partial charge is 0.255 e. The van der Waals surface area contributed by atoms with Gasteiger partial charge in [-0.1, -0.05) is 6.92 Å². The zero-order chi connectivity index (χ0) is 15.9. The van der Waals surface area contributed by atoms with Crippen LogP contribution in [0.4, 0.5) is 0 Å². The van der Waals surface area contributed by atoms with Gasteiger partial charge in [0, 0.05) is 13.1 Å². The fourth-order valence-corrected chi connectivity index (χ4v) is 2.72. The molecule has 2 amide bonds. The maximum absolute atomic E-state index is 12.4.